The summed E-state index contributed by atoms with van der Waals surface area (Å²) in [5, 5.41) is 8.51. The van der Waals surface area contributed by atoms with Crippen molar-refractivity contribution in [2.24, 2.45) is 0 Å². The van der Waals surface area contributed by atoms with E-state index >= 15 is 0 Å². The number of thiophene rings is 1. The van der Waals surface area contributed by atoms with Gasteiger partial charge in [0.25, 0.3) is 0 Å². The second-order valence-corrected chi connectivity index (χ2v) is 5.42. The van der Waals surface area contributed by atoms with Crippen molar-refractivity contribution >= 4 is 22.9 Å². The fourth-order valence-electron chi connectivity index (χ4n) is 2.06. The van der Waals surface area contributed by atoms with E-state index in [0.717, 1.165) is 10.6 Å². The van der Waals surface area contributed by atoms with Crippen LogP contribution in [0.1, 0.15) is 28.3 Å². The van der Waals surface area contributed by atoms with Crippen LogP contribution in [0.5, 0.6) is 0 Å². The van der Waals surface area contributed by atoms with Crippen molar-refractivity contribution < 1.29 is 0 Å². The lowest BCUT2D eigenvalue weighted by Gasteiger charge is -2.19. The predicted molar refractivity (Wildman–Crippen MR) is 76.1 cm³/mol. The molecule has 1 aromatic heterocycles. The number of hydrogen-bond acceptors (Lipinski definition) is 2. The number of aryl methyl sites for hydroxylation is 2. The molecule has 2 aromatic rings. The molecule has 1 unspecified atom stereocenters. The van der Waals surface area contributed by atoms with Crippen molar-refractivity contribution in [1.82, 2.24) is 5.32 Å². The maximum absolute atomic E-state index is 6.14. The highest BCUT2D eigenvalue weighted by Gasteiger charge is 2.15. The van der Waals surface area contributed by atoms with Crippen LogP contribution in [0.15, 0.2) is 29.0 Å². The summed E-state index contributed by atoms with van der Waals surface area (Å²) in [5.74, 6) is 0. The molecule has 3 heteroatoms. The van der Waals surface area contributed by atoms with E-state index in [1.807, 2.05) is 20.0 Å². The third kappa shape index (κ3) is 2.54. The molecule has 90 valence electrons. The summed E-state index contributed by atoms with van der Waals surface area (Å²) in [4.78, 5) is 0. The molecular weight excluding hydrogens is 250 g/mol. The molecule has 2 rings (SSSR count). The third-order valence-corrected chi connectivity index (χ3v) is 4.13. The monoisotopic (exact) mass is 265 g/mol. The van der Waals surface area contributed by atoms with Crippen LogP contribution in [0.4, 0.5) is 0 Å². The van der Waals surface area contributed by atoms with Crippen LogP contribution >= 0.6 is 22.9 Å². The topological polar surface area (TPSA) is 12.0 Å². The quantitative estimate of drug-likeness (QED) is 0.871. The molecule has 0 saturated heterocycles. The Balaban J connectivity index is 2.48. The summed E-state index contributed by atoms with van der Waals surface area (Å²) in [5.41, 5.74) is 4.96. The summed E-state index contributed by atoms with van der Waals surface area (Å²) in [6, 6.07) is 6.63. The van der Waals surface area contributed by atoms with Crippen LogP contribution in [0, 0.1) is 13.8 Å². The molecule has 1 atom stereocenters. The van der Waals surface area contributed by atoms with Crippen LogP contribution in [-0.4, -0.2) is 7.05 Å². The van der Waals surface area contributed by atoms with Gasteiger partial charge >= 0.3 is 0 Å². The standard InChI is InChI=1S/C14H16ClNS/c1-9-7-13(15)10(2)6-12(9)14(16-3)11-4-5-17-8-11/h4-8,14,16H,1-3H3. The highest BCUT2D eigenvalue weighted by molar-refractivity contribution is 7.08. The fraction of sp³-hybridized carbons (Fsp3) is 0.286. The van der Waals surface area contributed by atoms with Crippen molar-refractivity contribution in [3.8, 4) is 0 Å². The van der Waals surface area contributed by atoms with E-state index < -0.39 is 0 Å². The van der Waals surface area contributed by atoms with Gasteiger partial charge in [0.15, 0.2) is 0 Å². The number of halogens is 1. The molecule has 1 aromatic carbocycles. The van der Waals surface area contributed by atoms with Crippen LogP contribution in [0.3, 0.4) is 0 Å². The minimum absolute atomic E-state index is 0.247. The zero-order valence-electron chi connectivity index (χ0n) is 10.3. The molecule has 1 nitrogen and oxygen atoms in total. The lowest BCUT2D eigenvalue weighted by atomic mass is 9.95. The second-order valence-electron chi connectivity index (χ2n) is 4.24. The Hall–Kier alpha value is -0.830. The minimum atomic E-state index is 0.247. The Morgan fingerprint density at radius 3 is 2.59 bits per heavy atom. The van der Waals surface area contributed by atoms with Gasteiger partial charge in [0.2, 0.25) is 0 Å². The van der Waals surface area contributed by atoms with E-state index in [2.05, 4.69) is 35.1 Å². The number of rotatable bonds is 3. The van der Waals surface area contributed by atoms with Crippen LogP contribution in [0.25, 0.3) is 0 Å². The molecule has 0 fully saturated rings. The molecule has 0 amide bonds. The average Bonchev–Trinajstić information content (AvgIpc) is 2.80. The molecular formula is C14H16ClNS. The van der Waals surface area contributed by atoms with Gasteiger partial charge in [-0.05, 0) is 66.0 Å². The summed E-state index contributed by atoms with van der Waals surface area (Å²) in [6.07, 6.45) is 0. The van der Waals surface area contributed by atoms with Gasteiger partial charge in [-0.1, -0.05) is 17.7 Å². The normalized spacial score (nSPS) is 12.7. The first-order valence-electron chi connectivity index (χ1n) is 5.59. The molecule has 0 radical (unpaired) electrons. The summed E-state index contributed by atoms with van der Waals surface area (Å²) >= 11 is 7.87. The molecule has 0 saturated carbocycles. The minimum Gasteiger partial charge on any atom is -0.309 e. The van der Waals surface area contributed by atoms with Gasteiger partial charge in [-0.3, -0.25) is 0 Å². The first-order valence-corrected chi connectivity index (χ1v) is 6.91. The van der Waals surface area contributed by atoms with E-state index in [0.29, 0.717) is 0 Å². The number of nitrogens with one attached hydrogen (secondary N) is 1. The molecule has 17 heavy (non-hydrogen) atoms. The summed E-state index contributed by atoms with van der Waals surface area (Å²) in [7, 11) is 1.99. The smallest absolute Gasteiger partial charge is 0.0585 e. The van der Waals surface area contributed by atoms with Crippen molar-refractivity contribution in [3.63, 3.8) is 0 Å². The largest absolute Gasteiger partial charge is 0.309 e. The van der Waals surface area contributed by atoms with Gasteiger partial charge < -0.3 is 5.32 Å². The Morgan fingerprint density at radius 2 is 2.00 bits per heavy atom. The summed E-state index contributed by atoms with van der Waals surface area (Å²) < 4.78 is 0. The van der Waals surface area contributed by atoms with E-state index in [4.69, 9.17) is 11.6 Å². The van der Waals surface area contributed by atoms with E-state index in [1.54, 1.807) is 11.3 Å². The third-order valence-electron chi connectivity index (χ3n) is 3.02. The van der Waals surface area contributed by atoms with Crippen LogP contribution < -0.4 is 5.32 Å². The maximum atomic E-state index is 6.14. The van der Waals surface area contributed by atoms with Gasteiger partial charge in [-0.2, -0.15) is 11.3 Å². The summed E-state index contributed by atoms with van der Waals surface area (Å²) in [6.45, 7) is 4.16. The van der Waals surface area contributed by atoms with E-state index in [9.17, 15) is 0 Å². The van der Waals surface area contributed by atoms with E-state index in [1.165, 1.54) is 16.7 Å². The Labute approximate surface area is 111 Å². The Bertz CT molecular complexity index is 505. The van der Waals surface area contributed by atoms with Crippen molar-refractivity contribution in [1.29, 1.82) is 0 Å². The highest BCUT2D eigenvalue weighted by Crippen LogP contribution is 2.29. The van der Waals surface area contributed by atoms with Gasteiger partial charge in [0.05, 0.1) is 6.04 Å². The number of hydrogen-bond donors (Lipinski definition) is 1. The lowest BCUT2D eigenvalue weighted by molar-refractivity contribution is 0.689. The maximum Gasteiger partial charge on any atom is 0.0585 e. The van der Waals surface area contributed by atoms with Crippen molar-refractivity contribution in [2.45, 2.75) is 19.9 Å². The van der Waals surface area contributed by atoms with Crippen LogP contribution in [-0.2, 0) is 0 Å². The SMILES string of the molecule is CNC(c1ccsc1)c1cc(C)c(Cl)cc1C. The molecule has 0 bridgehead atoms. The molecule has 1 N–H and O–H groups in total. The van der Waals surface area contributed by atoms with Gasteiger partial charge in [0.1, 0.15) is 0 Å². The molecule has 1 heterocycles. The zero-order valence-corrected chi connectivity index (χ0v) is 11.8. The Kier molecular flexibility index (Phi) is 3.87. The molecule has 0 spiro atoms. The molecule has 0 aliphatic carbocycles. The highest BCUT2D eigenvalue weighted by atomic mass is 35.5. The number of benzene rings is 1. The van der Waals surface area contributed by atoms with Crippen molar-refractivity contribution in [3.05, 3.63) is 56.2 Å². The lowest BCUT2D eigenvalue weighted by Crippen LogP contribution is -2.18. The van der Waals surface area contributed by atoms with E-state index in [-0.39, 0.29) is 6.04 Å². The zero-order chi connectivity index (χ0) is 12.4. The van der Waals surface area contributed by atoms with Gasteiger partial charge in [-0.25, -0.2) is 0 Å². The fourth-order valence-corrected chi connectivity index (χ4v) is 2.96. The van der Waals surface area contributed by atoms with Gasteiger partial charge in [-0.15, -0.1) is 0 Å². The molecule has 0 aliphatic heterocycles. The first-order chi connectivity index (χ1) is 8.13. The Morgan fingerprint density at radius 1 is 1.24 bits per heavy atom. The average molecular weight is 266 g/mol. The first kappa shape index (κ1) is 12.6. The second kappa shape index (κ2) is 5.21. The van der Waals surface area contributed by atoms with Crippen LogP contribution in [0.2, 0.25) is 5.02 Å². The molecule has 0 aliphatic rings. The van der Waals surface area contributed by atoms with Gasteiger partial charge in [0, 0.05) is 5.02 Å². The predicted octanol–water partition coefficient (Wildman–Crippen LogP) is 4.33. The van der Waals surface area contributed by atoms with Crippen molar-refractivity contribution in [2.75, 3.05) is 7.05 Å².